The predicted octanol–water partition coefficient (Wildman–Crippen LogP) is -0.890. The monoisotopic (exact) mass is 204 g/mol. The van der Waals surface area contributed by atoms with Crippen LogP contribution >= 0.6 is 0 Å². The topological polar surface area (TPSA) is 70.6 Å². The van der Waals surface area contributed by atoms with Gasteiger partial charge in [-0.1, -0.05) is 6.92 Å². The Hall–Kier alpha value is -0.650. The van der Waals surface area contributed by atoms with Crippen LogP contribution in [-0.4, -0.2) is 50.0 Å². The fourth-order valence-corrected chi connectivity index (χ4v) is 0.908. The van der Waals surface area contributed by atoms with E-state index in [1.165, 1.54) is 0 Å². The van der Waals surface area contributed by atoms with E-state index in [-0.39, 0.29) is 25.2 Å². The molecule has 0 aromatic carbocycles. The van der Waals surface area contributed by atoms with Gasteiger partial charge in [0.15, 0.2) is 0 Å². The molecule has 5 heteroatoms. The first-order chi connectivity index (χ1) is 6.72. The van der Waals surface area contributed by atoms with Gasteiger partial charge in [-0.3, -0.25) is 4.79 Å². The summed E-state index contributed by atoms with van der Waals surface area (Å²) in [6.45, 7) is 6.18. The zero-order valence-corrected chi connectivity index (χ0v) is 8.88. The van der Waals surface area contributed by atoms with Crippen molar-refractivity contribution in [2.45, 2.75) is 19.9 Å². The summed E-state index contributed by atoms with van der Waals surface area (Å²) in [5.74, 6) is -0.324. The molecule has 0 aromatic rings. The maximum atomic E-state index is 11.1. The van der Waals surface area contributed by atoms with E-state index in [1.54, 1.807) is 6.92 Å². The van der Waals surface area contributed by atoms with Gasteiger partial charge in [-0.05, 0) is 13.5 Å². The molecule has 5 nitrogen and oxygen atoms in total. The molecule has 0 fully saturated rings. The molecule has 0 aromatic heterocycles. The van der Waals surface area contributed by atoms with Gasteiger partial charge in [-0.15, -0.1) is 0 Å². The molecule has 0 saturated carbocycles. The molecular formula is C9H20N2O3. The lowest BCUT2D eigenvalue weighted by Gasteiger charge is -2.12. The summed E-state index contributed by atoms with van der Waals surface area (Å²) in [6, 6.07) is -0.319. The summed E-state index contributed by atoms with van der Waals surface area (Å²) in [4.78, 5) is 11.1. The van der Waals surface area contributed by atoms with Crippen molar-refractivity contribution in [2.24, 2.45) is 0 Å². The Morgan fingerprint density at radius 2 is 2.21 bits per heavy atom. The fourth-order valence-electron chi connectivity index (χ4n) is 0.908. The normalized spacial score (nSPS) is 12.5. The number of ether oxygens (including phenoxy) is 1. The van der Waals surface area contributed by atoms with Crippen molar-refractivity contribution < 1.29 is 14.6 Å². The summed E-state index contributed by atoms with van der Waals surface area (Å²) in [6.07, 6.45) is 0. The van der Waals surface area contributed by atoms with E-state index in [4.69, 9.17) is 9.84 Å². The molecule has 0 saturated heterocycles. The van der Waals surface area contributed by atoms with Crippen LogP contribution in [0.5, 0.6) is 0 Å². The van der Waals surface area contributed by atoms with Gasteiger partial charge in [0.1, 0.15) is 12.6 Å². The SMILES string of the molecule is CCNCCN[C@@H](C)C(=O)OCCO. The fraction of sp³-hybridized carbons (Fsp3) is 0.889. The average molecular weight is 204 g/mol. The molecule has 1 atom stereocenters. The molecule has 84 valence electrons. The highest BCUT2D eigenvalue weighted by molar-refractivity contribution is 5.75. The number of aliphatic hydroxyl groups is 1. The van der Waals surface area contributed by atoms with Crippen molar-refractivity contribution in [3.63, 3.8) is 0 Å². The number of hydrogen-bond donors (Lipinski definition) is 3. The van der Waals surface area contributed by atoms with Crippen LogP contribution in [0.3, 0.4) is 0 Å². The summed E-state index contributed by atoms with van der Waals surface area (Å²) in [5.41, 5.74) is 0. The van der Waals surface area contributed by atoms with E-state index in [0.717, 1.165) is 19.6 Å². The number of hydrogen-bond acceptors (Lipinski definition) is 5. The molecule has 0 aliphatic heterocycles. The molecular weight excluding hydrogens is 184 g/mol. The highest BCUT2D eigenvalue weighted by atomic mass is 16.5. The first-order valence-electron chi connectivity index (χ1n) is 4.94. The third kappa shape index (κ3) is 6.82. The number of esters is 1. The van der Waals surface area contributed by atoms with Crippen LogP contribution in [0.2, 0.25) is 0 Å². The van der Waals surface area contributed by atoms with Gasteiger partial charge in [-0.25, -0.2) is 0 Å². The maximum Gasteiger partial charge on any atom is 0.322 e. The molecule has 0 rings (SSSR count). The van der Waals surface area contributed by atoms with Crippen molar-refractivity contribution >= 4 is 5.97 Å². The Labute approximate surface area is 84.8 Å². The van der Waals surface area contributed by atoms with Crippen molar-refractivity contribution in [2.75, 3.05) is 32.8 Å². The van der Waals surface area contributed by atoms with Crippen LogP contribution < -0.4 is 10.6 Å². The molecule has 14 heavy (non-hydrogen) atoms. The number of aliphatic hydroxyl groups excluding tert-OH is 1. The zero-order chi connectivity index (χ0) is 10.8. The first kappa shape index (κ1) is 13.4. The highest BCUT2D eigenvalue weighted by Crippen LogP contribution is 1.86. The Bertz CT molecular complexity index is 153. The van der Waals surface area contributed by atoms with Gasteiger partial charge in [0.05, 0.1) is 6.61 Å². The third-order valence-electron chi connectivity index (χ3n) is 1.69. The van der Waals surface area contributed by atoms with Gasteiger partial charge < -0.3 is 20.5 Å². The number of rotatable bonds is 8. The Balaban J connectivity index is 3.42. The summed E-state index contributed by atoms with van der Waals surface area (Å²) >= 11 is 0. The zero-order valence-electron chi connectivity index (χ0n) is 8.88. The van der Waals surface area contributed by atoms with E-state index < -0.39 is 0 Å². The minimum Gasteiger partial charge on any atom is -0.462 e. The van der Waals surface area contributed by atoms with Crippen LogP contribution in [-0.2, 0) is 9.53 Å². The van der Waals surface area contributed by atoms with Gasteiger partial charge >= 0.3 is 5.97 Å². The van der Waals surface area contributed by atoms with E-state index in [0.29, 0.717) is 0 Å². The summed E-state index contributed by atoms with van der Waals surface area (Å²) < 4.78 is 4.74. The largest absolute Gasteiger partial charge is 0.462 e. The standard InChI is InChI=1S/C9H20N2O3/c1-3-10-4-5-11-8(2)9(13)14-7-6-12/h8,10-12H,3-7H2,1-2H3/t8-/m0/s1. The number of carbonyl (C=O) groups excluding carboxylic acids is 1. The molecule has 0 aliphatic carbocycles. The molecule has 0 aliphatic rings. The molecule has 0 bridgehead atoms. The second-order valence-corrected chi connectivity index (χ2v) is 2.92. The molecule has 0 radical (unpaired) electrons. The lowest BCUT2D eigenvalue weighted by molar-refractivity contribution is -0.146. The first-order valence-corrected chi connectivity index (χ1v) is 4.94. The van der Waals surface area contributed by atoms with E-state index in [2.05, 4.69) is 10.6 Å². The molecule has 0 unspecified atom stereocenters. The lowest BCUT2D eigenvalue weighted by atomic mass is 10.3. The second kappa shape index (κ2) is 8.93. The molecule has 3 N–H and O–H groups in total. The van der Waals surface area contributed by atoms with Gasteiger partial charge in [-0.2, -0.15) is 0 Å². The molecule has 0 spiro atoms. The van der Waals surface area contributed by atoms with Crippen LogP contribution in [0, 0.1) is 0 Å². The van der Waals surface area contributed by atoms with E-state index in [1.807, 2.05) is 6.92 Å². The van der Waals surface area contributed by atoms with Crippen molar-refractivity contribution in [1.82, 2.24) is 10.6 Å². The molecule has 0 heterocycles. The number of carbonyl (C=O) groups is 1. The van der Waals surface area contributed by atoms with E-state index >= 15 is 0 Å². The smallest absolute Gasteiger partial charge is 0.322 e. The lowest BCUT2D eigenvalue weighted by Crippen LogP contribution is -2.39. The van der Waals surface area contributed by atoms with Crippen LogP contribution in [0.25, 0.3) is 0 Å². The summed E-state index contributed by atoms with van der Waals surface area (Å²) in [7, 11) is 0. The van der Waals surface area contributed by atoms with Crippen molar-refractivity contribution in [1.29, 1.82) is 0 Å². The van der Waals surface area contributed by atoms with Gasteiger partial charge in [0.2, 0.25) is 0 Å². The molecule has 0 amide bonds. The van der Waals surface area contributed by atoms with Gasteiger partial charge in [0.25, 0.3) is 0 Å². The Morgan fingerprint density at radius 1 is 1.50 bits per heavy atom. The third-order valence-corrected chi connectivity index (χ3v) is 1.69. The quantitative estimate of drug-likeness (QED) is 0.353. The average Bonchev–Trinajstić information content (AvgIpc) is 2.20. The van der Waals surface area contributed by atoms with E-state index in [9.17, 15) is 4.79 Å². The van der Waals surface area contributed by atoms with Crippen LogP contribution in [0.4, 0.5) is 0 Å². The predicted molar refractivity (Wildman–Crippen MR) is 54.1 cm³/mol. The van der Waals surface area contributed by atoms with Gasteiger partial charge in [0, 0.05) is 13.1 Å². The second-order valence-electron chi connectivity index (χ2n) is 2.92. The number of likely N-dealkylation sites (N-methyl/N-ethyl adjacent to an activating group) is 1. The van der Waals surface area contributed by atoms with Crippen LogP contribution in [0.15, 0.2) is 0 Å². The number of nitrogens with one attached hydrogen (secondary N) is 2. The minimum absolute atomic E-state index is 0.0675. The Kier molecular flexibility index (Phi) is 8.51. The minimum atomic E-state index is -0.324. The van der Waals surface area contributed by atoms with Crippen molar-refractivity contribution in [3.05, 3.63) is 0 Å². The Morgan fingerprint density at radius 3 is 2.79 bits per heavy atom. The highest BCUT2D eigenvalue weighted by Gasteiger charge is 2.12. The van der Waals surface area contributed by atoms with Crippen LogP contribution in [0.1, 0.15) is 13.8 Å². The van der Waals surface area contributed by atoms with Crippen molar-refractivity contribution in [3.8, 4) is 0 Å². The summed E-state index contributed by atoms with van der Waals surface area (Å²) in [5, 5.41) is 14.6. The maximum absolute atomic E-state index is 11.1.